The smallest absolute Gasteiger partial charge is 0.341 e. The lowest BCUT2D eigenvalue weighted by Gasteiger charge is -2.06. The Labute approximate surface area is 164 Å². The van der Waals surface area contributed by atoms with Crippen molar-refractivity contribution in [2.24, 2.45) is 0 Å². The largest absolute Gasteiger partial charge is 0.454 e. The van der Waals surface area contributed by atoms with Crippen LogP contribution < -0.4 is 0 Å². The van der Waals surface area contributed by atoms with Crippen LogP contribution >= 0.6 is 0 Å². The normalized spacial score (nSPS) is 10.6. The predicted molar refractivity (Wildman–Crippen MR) is 106 cm³/mol. The topological polar surface area (TPSA) is 66.1 Å². The van der Waals surface area contributed by atoms with Crippen molar-refractivity contribution in [1.29, 1.82) is 0 Å². The van der Waals surface area contributed by atoms with E-state index in [1.807, 2.05) is 54.8 Å². The standard InChI is InChI=1S/C22H23N3O3/c1-4-10-25-16(2)11-20(17(25)3)21(26)15-28-22(27)19-12-23-24(14-19)13-18-8-6-5-7-9-18/h4-9,11-12,14H,1,10,13,15H2,2-3H3. The van der Waals surface area contributed by atoms with Gasteiger partial charge in [0.2, 0.25) is 5.78 Å². The summed E-state index contributed by atoms with van der Waals surface area (Å²) in [6.45, 7) is 8.42. The number of carbonyl (C=O) groups is 2. The van der Waals surface area contributed by atoms with Gasteiger partial charge in [0.1, 0.15) is 0 Å². The minimum atomic E-state index is -0.562. The van der Waals surface area contributed by atoms with Gasteiger partial charge in [-0.15, -0.1) is 6.58 Å². The SMILES string of the molecule is C=CCn1c(C)cc(C(=O)COC(=O)c2cnn(Cc3ccccc3)c2)c1C. The van der Waals surface area contributed by atoms with E-state index in [4.69, 9.17) is 4.74 Å². The third-order valence-corrected chi connectivity index (χ3v) is 4.58. The summed E-state index contributed by atoms with van der Waals surface area (Å²) in [6, 6.07) is 11.6. The summed E-state index contributed by atoms with van der Waals surface area (Å²) in [7, 11) is 0. The zero-order valence-corrected chi connectivity index (χ0v) is 16.1. The summed E-state index contributed by atoms with van der Waals surface area (Å²) < 4.78 is 8.86. The maximum atomic E-state index is 12.5. The summed E-state index contributed by atoms with van der Waals surface area (Å²) in [5.74, 6) is -0.791. The van der Waals surface area contributed by atoms with Crippen LogP contribution in [0.4, 0.5) is 0 Å². The van der Waals surface area contributed by atoms with Crippen LogP contribution in [0.3, 0.4) is 0 Å². The Bertz CT molecular complexity index is 999. The second-order valence-electron chi connectivity index (χ2n) is 6.60. The molecule has 6 heteroatoms. The number of esters is 1. The first-order valence-corrected chi connectivity index (χ1v) is 9.04. The van der Waals surface area contributed by atoms with Crippen LogP contribution in [0.2, 0.25) is 0 Å². The minimum Gasteiger partial charge on any atom is -0.454 e. The number of aromatic nitrogens is 3. The van der Waals surface area contributed by atoms with Crippen LogP contribution in [0.1, 0.15) is 37.7 Å². The van der Waals surface area contributed by atoms with Gasteiger partial charge in [0.15, 0.2) is 6.61 Å². The van der Waals surface area contributed by atoms with Crippen LogP contribution in [0.25, 0.3) is 0 Å². The molecule has 0 saturated heterocycles. The lowest BCUT2D eigenvalue weighted by Crippen LogP contribution is -2.15. The molecule has 0 bridgehead atoms. The summed E-state index contributed by atoms with van der Waals surface area (Å²) >= 11 is 0. The second-order valence-corrected chi connectivity index (χ2v) is 6.60. The number of benzene rings is 1. The quantitative estimate of drug-likeness (QED) is 0.342. The maximum absolute atomic E-state index is 12.5. The van der Waals surface area contributed by atoms with E-state index >= 15 is 0 Å². The van der Waals surface area contributed by atoms with Gasteiger partial charge in [0.25, 0.3) is 0 Å². The van der Waals surface area contributed by atoms with Crippen LogP contribution in [0, 0.1) is 13.8 Å². The van der Waals surface area contributed by atoms with Gasteiger partial charge in [-0.05, 0) is 25.5 Å². The molecular formula is C22H23N3O3. The molecule has 144 valence electrons. The second kappa shape index (κ2) is 8.52. The van der Waals surface area contributed by atoms with Gasteiger partial charge >= 0.3 is 5.97 Å². The fraction of sp³-hybridized carbons (Fsp3) is 0.227. The zero-order valence-electron chi connectivity index (χ0n) is 16.1. The Morgan fingerprint density at radius 1 is 1.21 bits per heavy atom. The van der Waals surface area contributed by atoms with Crippen molar-refractivity contribution >= 4 is 11.8 Å². The summed E-state index contributed by atoms with van der Waals surface area (Å²) in [5.41, 5.74) is 3.77. The Morgan fingerprint density at radius 2 is 1.96 bits per heavy atom. The highest BCUT2D eigenvalue weighted by molar-refractivity contribution is 6.00. The van der Waals surface area contributed by atoms with Crippen molar-refractivity contribution in [3.63, 3.8) is 0 Å². The van der Waals surface area contributed by atoms with Crippen molar-refractivity contribution < 1.29 is 14.3 Å². The third-order valence-electron chi connectivity index (χ3n) is 4.58. The highest BCUT2D eigenvalue weighted by Crippen LogP contribution is 2.16. The average Bonchev–Trinajstić information content (AvgIpc) is 3.27. The lowest BCUT2D eigenvalue weighted by molar-refractivity contribution is 0.0474. The number of allylic oxidation sites excluding steroid dienone is 1. The molecule has 0 saturated carbocycles. The number of rotatable bonds is 8. The molecule has 0 spiro atoms. The van der Waals surface area contributed by atoms with E-state index in [-0.39, 0.29) is 12.4 Å². The Balaban J connectivity index is 1.61. The Morgan fingerprint density at radius 3 is 2.68 bits per heavy atom. The van der Waals surface area contributed by atoms with Crippen molar-refractivity contribution in [1.82, 2.24) is 14.3 Å². The van der Waals surface area contributed by atoms with E-state index < -0.39 is 5.97 Å². The number of aryl methyl sites for hydroxylation is 1. The molecule has 3 rings (SSSR count). The molecule has 0 unspecified atom stereocenters. The lowest BCUT2D eigenvalue weighted by atomic mass is 10.1. The number of hydrogen-bond acceptors (Lipinski definition) is 4. The monoisotopic (exact) mass is 377 g/mol. The molecule has 6 nitrogen and oxygen atoms in total. The van der Waals surface area contributed by atoms with Crippen LogP contribution in [-0.2, 0) is 17.8 Å². The van der Waals surface area contributed by atoms with Crippen LogP contribution in [0.15, 0.2) is 61.4 Å². The molecule has 0 aliphatic heterocycles. The van der Waals surface area contributed by atoms with Crippen LogP contribution in [-0.4, -0.2) is 32.7 Å². The Kier molecular flexibility index (Phi) is 5.89. The minimum absolute atomic E-state index is 0.228. The molecular weight excluding hydrogens is 354 g/mol. The van der Waals surface area contributed by atoms with Gasteiger partial charge < -0.3 is 9.30 Å². The highest BCUT2D eigenvalue weighted by Gasteiger charge is 2.18. The number of nitrogens with zero attached hydrogens (tertiary/aromatic N) is 3. The molecule has 1 aromatic carbocycles. The molecule has 0 radical (unpaired) electrons. The molecule has 3 aromatic rings. The predicted octanol–water partition coefficient (Wildman–Crippen LogP) is 3.58. The molecule has 2 heterocycles. The van der Waals surface area contributed by atoms with E-state index in [9.17, 15) is 9.59 Å². The molecule has 0 atom stereocenters. The van der Waals surface area contributed by atoms with Crippen LogP contribution in [0.5, 0.6) is 0 Å². The van der Waals surface area contributed by atoms with Crippen molar-refractivity contribution in [2.45, 2.75) is 26.9 Å². The molecule has 0 amide bonds. The fourth-order valence-corrected chi connectivity index (χ4v) is 3.11. The molecule has 0 aliphatic rings. The number of hydrogen-bond donors (Lipinski definition) is 0. The van der Waals surface area contributed by atoms with E-state index in [2.05, 4.69) is 11.7 Å². The van der Waals surface area contributed by atoms with Gasteiger partial charge in [0, 0.05) is 29.7 Å². The summed E-state index contributed by atoms with van der Waals surface area (Å²) in [4.78, 5) is 24.7. The third kappa shape index (κ3) is 4.28. The fourth-order valence-electron chi connectivity index (χ4n) is 3.11. The Hall–Kier alpha value is -3.41. The molecule has 28 heavy (non-hydrogen) atoms. The number of ketones is 1. The van der Waals surface area contributed by atoms with Crippen molar-refractivity contribution in [3.8, 4) is 0 Å². The van der Waals surface area contributed by atoms with Crippen molar-refractivity contribution in [2.75, 3.05) is 6.61 Å². The van der Waals surface area contributed by atoms with E-state index in [1.165, 1.54) is 6.20 Å². The molecule has 2 aromatic heterocycles. The molecule has 0 aliphatic carbocycles. The van der Waals surface area contributed by atoms with Crippen molar-refractivity contribution in [3.05, 3.63) is 89.5 Å². The highest BCUT2D eigenvalue weighted by atomic mass is 16.5. The zero-order chi connectivity index (χ0) is 20.1. The van der Waals surface area contributed by atoms with E-state index in [0.717, 1.165) is 17.0 Å². The molecule has 0 fully saturated rings. The first-order chi connectivity index (χ1) is 13.5. The van der Waals surface area contributed by atoms with Gasteiger partial charge in [-0.1, -0.05) is 36.4 Å². The van der Waals surface area contributed by atoms with Gasteiger partial charge in [0.05, 0.1) is 18.3 Å². The molecule has 0 N–H and O–H groups in total. The van der Waals surface area contributed by atoms with Gasteiger partial charge in [-0.2, -0.15) is 5.10 Å². The first-order valence-electron chi connectivity index (χ1n) is 9.04. The van der Waals surface area contributed by atoms with E-state index in [1.54, 1.807) is 17.0 Å². The van der Waals surface area contributed by atoms with Gasteiger partial charge in [-0.3, -0.25) is 9.48 Å². The van der Waals surface area contributed by atoms with E-state index in [0.29, 0.717) is 24.2 Å². The summed E-state index contributed by atoms with van der Waals surface area (Å²) in [5, 5.41) is 4.19. The first kappa shape index (κ1) is 19.4. The maximum Gasteiger partial charge on any atom is 0.341 e. The van der Waals surface area contributed by atoms with Gasteiger partial charge in [-0.25, -0.2) is 4.79 Å². The number of Topliss-reactive ketones (excluding diaryl/α,β-unsaturated/α-hetero) is 1. The summed E-state index contributed by atoms with van der Waals surface area (Å²) in [6.07, 6.45) is 4.85. The number of carbonyl (C=O) groups excluding carboxylic acids is 2. The average molecular weight is 377 g/mol. The number of ether oxygens (including phenoxy) is 1.